The Labute approximate surface area is 158 Å². The molecule has 2 heterocycles. The fourth-order valence-electron chi connectivity index (χ4n) is 3.61. The van der Waals surface area contributed by atoms with Crippen LogP contribution in [0, 0.1) is 0 Å². The van der Waals surface area contributed by atoms with E-state index < -0.39 is 0 Å². The molecule has 0 fully saturated rings. The summed E-state index contributed by atoms with van der Waals surface area (Å²) in [7, 11) is 0. The van der Waals surface area contributed by atoms with E-state index in [1.807, 2.05) is 24.3 Å². The Kier molecular flexibility index (Phi) is 3.58. The highest BCUT2D eigenvalue weighted by atomic mass is 79.9. The Morgan fingerprint density at radius 2 is 1.77 bits per heavy atom. The molecule has 128 valence electrons. The lowest BCUT2D eigenvalue weighted by molar-refractivity contribution is 0.278. The number of fused-ring (bicyclic) bond motifs is 5. The summed E-state index contributed by atoms with van der Waals surface area (Å²) in [4.78, 5) is 4.93. The molecule has 0 unspecified atom stereocenters. The van der Waals surface area contributed by atoms with Crippen LogP contribution >= 0.6 is 15.9 Å². The zero-order valence-corrected chi connectivity index (χ0v) is 15.5. The first kappa shape index (κ1) is 15.6. The molecule has 0 aliphatic carbocycles. The van der Waals surface area contributed by atoms with Crippen LogP contribution in [-0.4, -0.2) is 25.7 Å². The molecule has 4 nitrogen and oxygen atoms in total. The first-order chi connectivity index (χ1) is 12.8. The summed E-state index contributed by atoms with van der Waals surface area (Å²) in [6.45, 7) is 0.570. The number of aliphatic hydroxyl groups is 1. The van der Waals surface area contributed by atoms with Gasteiger partial charge in [0.15, 0.2) is 0 Å². The van der Waals surface area contributed by atoms with Crippen molar-refractivity contribution in [1.29, 1.82) is 0 Å². The smallest absolute Gasteiger partial charge is 0.215 e. The predicted octanol–water partition coefficient (Wildman–Crippen LogP) is 4.86. The van der Waals surface area contributed by atoms with Gasteiger partial charge in [0.2, 0.25) is 5.78 Å². The molecule has 26 heavy (non-hydrogen) atoms. The van der Waals surface area contributed by atoms with Crippen molar-refractivity contribution in [3.63, 3.8) is 0 Å². The van der Waals surface area contributed by atoms with Crippen molar-refractivity contribution in [1.82, 2.24) is 14.0 Å². The van der Waals surface area contributed by atoms with Gasteiger partial charge in [-0.3, -0.25) is 4.40 Å². The van der Waals surface area contributed by atoms with Crippen molar-refractivity contribution in [2.75, 3.05) is 6.61 Å². The maximum atomic E-state index is 9.59. The minimum atomic E-state index is 0.0673. The van der Waals surface area contributed by atoms with E-state index in [0.717, 1.165) is 37.9 Å². The predicted molar refractivity (Wildman–Crippen MR) is 108 cm³/mol. The third kappa shape index (κ3) is 2.28. The van der Waals surface area contributed by atoms with Crippen molar-refractivity contribution in [2.45, 2.75) is 6.54 Å². The molecule has 5 aromatic rings. The highest BCUT2D eigenvalue weighted by Gasteiger charge is 2.16. The first-order valence-electron chi connectivity index (χ1n) is 8.52. The summed E-state index contributed by atoms with van der Waals surface area (Å²) in [6.07, 6.45) is 2.11. The van der Waals surface area contributed by atoms with Gasteiger partial charge in [-0.25, -0.2) is 4.98 Å². The summed E-state index contributed by atoms with van der Waals surface area (Å²) >= 11 is 3.49. The molecule has 3 aromatic carbocycles. The Hall–Kier alpha value is -2.63. The van der Waals surface area contributed by atoms with Crippen LogP contribution in [0.3, 0.4) is 0 Å². The number of aliphatic hydroxyl groups excluding tert-OH is 1. The van der Waals surface area contributed by atoms with E-state index in [9.17, 15) is 5.11 Å². The van der Waals surface area contributed by atoms with Gasteiger partial charge in [0.05, 0.1) is 23.3 Å². The summed E-state index contributed by atoms with van der Waals surface area (Å²) in [5.41, 5.74) is 4.21. The summed E-state index contributed by atoms with van der Waals surface area (Å²) in [6, 6.07) is 20.8. The Morgan fingerprint density at radius 1 is 0.962 bits per heavy atom. The van der Waals surface area contributed by atoms with Crippen LogP contribution < -0.4 is 0 Å². The van der Waals surface area contributed by atoms with E-state index >= 15 is 0 Å². The molecule has 0 bridgehead atoms. The maximum Gasteiger partial charge on any atom is 0.215 e. The highest BCUT2D eigenvalue weighted by Crippen LogP contribution is 2.30. The monoisotopic (exact) mass is 405 g/mol. The highest BCUT2D eigenvalue weighted by molar-refractivity contribution is 9.10. The van der Waals surface area contributed by atoms with Crippen LogP contribution in [0.25, 0.3) is 38.8 Å². The molecular weight excluding hydrogens is 390 g/mol. The van der Waals surface area contributed by atoms with Gasteiger partial charge in [0.25, 0.3) is 0 Å². The van der Waals surface area contributed by atoms with Crippen LogP contribution in [0.4, 0.5) is 0 Å². The normalized spacial score (nSPS) is 11.8. The van der Waals surface area contributed by atoms with Gasteiger partial charge in [0, 0.05) is 22.6 Å². The second-order valence-electron chi connectivity index (χ2n) is 6.33. The number of halogens is 1. The zero-order valence-electron chi connectivity index (χ0n) is 13.9. The third-order valence-electron chi connectivity index (χ3n) is 4.81. The Morgan fingerprint density at radius 3 is 2.58 bits per heavy atom. The lowest BCUT2D eigenvalue weighted by atomic mass is 10.1. The molecular formula is C21H16BrN3O. The number of rotatable bonds is 3. The fraction of sp³-hybridized carbons (Fsp3) is 0.0952. The SMILES string of the molecule is OCCn1c(-c2ccc(Br)cc2)cn2c3ccc4ccccc4c3nc12. The van der Waals surface area contributed by atoms with Crippen LogP contribution in [-0.2, 0) is 6.54 Å². The van der Waals surface area contributed by atoms with E-state index in [1.165, 1.54) is 5.39 Å². The van der Waals surface area contributed by atoms with Crippen LogP contribution in [0.1, 0.15) is 0 Å². The number of hydrogen-bond acceptors (Lipinski definition) is 2. The van der Waals surface area contributed by atoms with Crippen molar-refractivity contribution in [3.05, 3.63) is 71.3 Å². The quantitative estimate of drug-likeness (QED) is 0.465. The average Bonchev–Trinajstić information content (AvgIpc) is 3.20. The second-order valence-corrected chi connectivity index (χ2v) is 7.25. The number of benzene rings is 3. The number of imidazole rings is 2. The van der Waals surface area contributed by atoms with Crippen molar-refractivity contribution >= 4 is 43.5 Å². The van der Waals surface area contributed by atoms with Crippen LogP contribution in [0.5, 0.6) is 0 Å². The standard InChI is InChI=1S/C21H16BrN3O/c22-16-8-5-15(6-9-16)19-13-25-18-10-7-14-3-1-2-4-17(14)20(18)23-21(25)24(19)11-12-26/h1-10,13,26H,11-12H2. The zero-order chi connectivity index (χ0) is 17.7. The molecule has 2 aromatic heterocycles. The second kappa shape index (κ2) is 5.97. The van der Waals surface area contributed by atoms with E-state index in [1.54, 1.807) is 0 Å². The van der Waals surface area contributed by atoms with Gasteiger partial charge in [-0.15, -0.1) is 0 Å². The molecule has 0 saturated heterocycles. The summed E-state index contributed by atoms with van der Waals surface area (Å²) in [5, 5.41) is 11.9. The van der Waals surface area contributed by atoms with Crippen LogP contribution in [0.15, 0.2) is 71.3 Å². The van der Waals surface area contributed by atoms with Gasteiger partial charge in [-0.05, 0) is 29.1 Å². The molecule has 0 aliphatic rings. The van der Waals surface area contributed by atoms with E-state index in [0.29, 0.717) is 6.54 Å². The number of nitrogens with zero attached hydrogens (tertiary/aromatic N) is 3. The summed E-state index contributed by atoms with van der Waals surface area (Å²) in [5.74, 6) is 0.850. The van der Waals surface area contributed by atoms with E-state index in [-0.39, 0.29) is 6.61 Å². The van der Waals surface area contributed by atoms with Crippen molar-refractivity contribution in [2.24, 2.45) is 0 Å². The third-order valence-corrected chi connectivity index (χ3v) is 5.34. The topological polar surface area (TPSA) is 42.5 Å². The average molecular weight is 406 g/mol. The van der Waals surface area contributed by atoms with Gasteiger partial charge in [-0.2, -0.15) is 0 Å². The largest absolute Gasteiger partial charge is 0.395 e. The van der Waals surface area contributed by atoms with Crippen molar-refractivity contribution in [3.8, 4) is 11.3 Å². The van der Waals surface area contributed by atoms with Gasteiger partial charge in [-0.1, -0.05) is 58.4 Å². The molecule has 5 heteroatoms. The lowest BCUT2D eigenvalue weighted by Crippen LogP contribution is -2.04. The Bertz CT molecular complexity index is 1250. The lowest BCUT2D eigenvalue weighted by Gasteiger charge is -2.07. The number of hydrogen-bond donors (Lipinski definition) is 1. The molecule has 0 atom stereocenters. The fourth-order valence-corrected chi connectivity index (χ4v) is 3.87. The first-order valence-corrected chi connectivity index (χ1v) is 9.31. The van der Waals surface area contributed by atoms with Gasteiger partial charge in [0.1, 0.15) is 0 Å². The maximum absolute atomic E-state index is 9.59. The van der Waals surface area contributed by atoms with E-state index in [4.69, 9.17) is 4.98 Å². The van der Waals surface area contributed by atoms with Gasteiger partial charge >= 0.3 is 0 Å². The molecule has 0 amide bonds. The van der Waals surface area contributed by atoms with Gasteiger partial charge < -0.3 is 9.67 Å². The molecule has 5 rings (SSSR count). The van der Waals surface area contributed by atoms with Crippen LogP contribution in [0.2, 0.25) is 0 Å². The molecule has 0 saturated carbocycles. The molecule has 0 spiro atoms. The molecule has 0 radical (unpaired) electrons. The summed E-state index contributed by atoms with van der Waals surface area (Å²) < 4.78 is 5.25. The Balaban J connectivity index is 1.84. The van der Waals surface area contributed by atoms with E-state index in [2.05, 4.69) is 67.5 Å². The molecule has 0 aliphatic heterocycles. The minimum absolute atomic E-state index is 0.0673. The molecule has 1 N–H and O–H groups in total. The van der Waals surface area contributed by atoms with Crippen molar-refractivity contribution < 1.29 is 5.11 Å². The minimum Gasteiger partial charge on any atom is -0.395 e. The number of aromatic nitrogens is 3.